The number of aromatic hydroxyl groups is 1. The Balaban J connectivity index is 2.35. The van der Waals surface area contributed by atoms with Crippen molar-refractivity contribution in [3.05, 3.63) is 41.5 Å². The van der Waals surface area contributed by atoms with Gasteiger partial charge in [0.05, 0.1) is 0 Å². The van der Waals surface area contributed by atoms with Crippen molar-refractivity contribution in [3.8, 4) is 5.75 Å². The maximum absolute atomic E-state index is 11.6. The molecule has 0 saturated heterocycles. The van der Waals surface area contributed by atoms with Gasteiger partial charge in [0.15, 0.2) is 0 Å². The lowest BCUT2D eigenvalue weighted by Gasteiger charge is -2.05. The largest absolute Gasteiger partial charge is 0.508 e. The summed E-state index contributed by atoms with van der Waals surface area (Å²) in [6, 6.07) is 7.02. The van der Waals surface area contributed by atoms with Gasteiger partial charge in [-0.25, -0.2) is 0 Å². The summed E-state index contributed by atoms with van der Waals surface area (Å²) in [6.07, 6.45) is 3.55. The maximum atomic E-state index is 11.6. The van der Waals surface area contributed by atoms with Gasteiger partial charge in [0.1, 0.15) is 5.75 Å². The third-order valence-corrected chi connectivity index (χ3v) is 2.50. The zero-order chi connectivity index (χ0) is 12.7. The van der Waals surface area contributed by atoms with Crippen LogP contribution in [-0.2, 0) is 11.2 Å². The first-order chi connectivity index (χ1) is 8.13. The fraction of sp³-hybridized carbons (Fsp3) is 0.357. The number of hydrogen-bond donors (Lipinski definition) is 2. The lowest BCUT2D eigenvalue weighted by Crippen LogP contribution is -2.26. The lowest BCUT2D eigenvalue weighted by molar-refractivity contribution is -0.117. The Morgan fingerprint density at radius 1 is 1.35 bits per heavy atom. The Bertz CT molecular complexity index is 393. The van der Waals surface area contributed by atoms with E-state index < -0.39 is 0 Å². The third-order valence-electron chi connectivity index (χ3n) is 2.50. The maximum Gasteiger partial charge on any atom is 0.246 e. The van der Waals surface area contributed by atoms with E-state index in [4.69, 9.17) is 5.11 Å². The Kier molecular flexibility index (Phi) is 5.27. The molecule has 0 aliphatic carbocycles. The number of hydrogen-bond acceptors (Lipinski definition) is 2. The van der Waals surface area contributed by atoms with Crippen molar-refractivity contribution in [1.82, 2.24) is 5.32 Å². The molecule has 0 aromatic heterocycles. The van der Waals surface area contributed by atoms with Crippen LogP contribution in [0, 0.1) is 0 Å². The molecular formula is C14H19NO2. The summed E-state index contributed by atoms with van der Waals surface area (Å²) in [5, 5.41) is 12.0. The quantitative estimate of drug-likeness (QED) is 0.767. The van der Waals surface area contributed by atoms with E-state index in [1.54, 1.807) is 12.1 Å². The zero-order valence-corrected chi connectivity index (χ0v) is 10.4. The molecular weight excluding hydrogens is 214 g/mol. The van der Waals surface area contributed by atoms with Gasteiger partial charge in [0, 0.05) is 12.1 Å². The molecule has 1 aromatic rings. The molecule has 0 aliphatic rings. The monoisotopic (exact) mass is 233 g/mol. The van der Waals surface area contributed by atoms with Gasteiger partial charge in [-0.1, -0.05) is 25.1 Å². The predicted octanol–water partition coefficient (Wildman–Crippen LogP) is 2.41. The minimum Gasteiger partial charge on any atom is -0.508 e. The number of amides is 1. The Hall–Kier alpha value is -1.77. The zero-order valence-electron chi connectivity index (χ0n) is 10.4. The molecule has 1 amide bonds. The van der Waals surface area contributed by atoms with Crippen molar-refractivity contribution >= 4 is 5.91 Å². The average Bonchev–Trinajstić information content (AvgIpc) is 2.32. The molecule has 0 atom stereocenters. The van der Waals surface area contributed by atoms with Crippen LogP contribution in [-0.4, -0.2) is 17.6 Å². The van der Waals surface area contributed by atoms with Crippen molar-refractivity contribution in [2.45, 2.75) is 26.7 Å². The van der Waals surface area contributed by atoms with E-state index in [-0.39, 0.29) is 11.7 Å². The van der Waals surface area contributed by atoms with Crippen LogP contribution in [0.1, 0.15) is 25.8 Å². The highest BCUT2D eigenvalue weighted by Gasteiger charge is 2.02. The van der Waals surface area contributed by atoms with Crippen LogP contribution in [0.5, 0.6) is 5.75 Å². The van der Waals surface area contributed by atoms with E-state index in [0.717, 1.165) is 24.0 Å². The summed E-state index contributed by atoms with van der Waals surface area (Å²) >= 11 is 0. The van der Waals surface area contributed by atoms with Crippen LogP contribution in [0.15, 0.2) is 35.9 Å². The second kappa shape index (κ2) is 6.74. The van der Waals surface area contributed by atoms with E-state index in [2.05, 4.69) is 5.32 Å². The van der Waals surface area contributed by atoms with Crippen LogP contribution < -0.4 is 5.32 Å². The van der Waals surface area contributed by atoms with Gasteiger partial charge >= 0.3 is 0 Å². The summed E-state index contributed by atoms with van der Waals surface area (Å²) in [5.41, 5.74) is 1.86. The van der Waals surface area contributed by atoms with Gasteiger partial charge in [0.25, 0.3) is 0 Å². The van der Waals surface area contributed by atoms with Gasteiger partial charge in [-0.3, -0.25) is 4.79 Å². The summed E-state index contributed by atoms with van der Waals surface area (Å²) in [4.78, 5) is 11.6. The van der Waals surface area contributed by atoms with Gasteiger partial charge in [-0.15, -0.1) is 0 Å². The second-order valence-electron chi connectivity index (χ2n) is 3.97. The van der Waals surface area contributed by atoms with Crippen molar-refractivity contribution in [3.63, 3.8) is 0 Å². The van der Waals surface area contributed by atoms with Crippen LogP contribution >= 0.6 is 0 Å². The minimum atomic E-state index is -0.00868. The first-order valence-electron chi connectivity index (χ1n) is 5.86. The van der Waals surface area contributed by atoms with E-state index >= 15 is 0 Å². The molecule has 0 heterocycles. The fourth-order valence-corrected chi connectivity index (χ4v) is 1.52. The van der Waals surface area contributed by atoms with Gasteiger partial charge < -0.3 is 10.4 Å². The van der Waals surface area contributed by atoms with E-state index in [9.17, 15) is 4.79 Å². The van der Waals surface area contributed by atoms with Gasteiger partial charge in [0.2, 0.25) is 5.91 Å². The highest BCUT2D eigenvalue weighted by molar-refractivity contribution is 5.92. The van der Waals surface area contributed by atoms with Crippen molar-refractivity contribution < 1.29 is 9.90 Å². The molecule has 0 aliphatic heterocycles. The Morgan fingerprint density at radius 3 is 2.59 bits per heavy atom. The summed E-state index contributed by atoms with van der Waals surface area (Å²) in [7, 11) is 0. The minimum absolute atomic E-state index is 0.00868. The van der Waals surface area contributed by atoms with Crippen molar-refractivity contribution in [2.75, 3.05) is 6.54 Å². The van der Waals surface area contributed by atoms with Crippen LogP contribution in [0.4, 0.5) is 0 Å². The molecule has 1 rings (SSSR count). The van der Waals surface area contributed by atoms with Crippen molar-refractivity contribution in [1.29, 1.82) is 0 Å². The fourth-order valence-electron chi connectivity index (χ4n) is 1.52. The molecule has 0 radical (unpaired) electrons. The van der Waals surface area contributed by atoms with E-state index in [0.29, 0.717) is 6.54 Å². The van der Waals surface area contributed by atoms with Crippen molar-refractivity contribution in [2.24, 2.45) is 0 Å². The number of carbonyl (C=O) groups excluding carboxylic acids is 1. The van der Waals surface area contributed by atoms with E-state index in [1.165, 1.54) is 0 Å². The summed E-state index contributed by atoms with van der Waals surface area (Å²) in [5.74, 6) is 0.255. The highest BCUT2D eigenvalue weighted by Crippen LogP contribution is 2.09. The number of nitrogens with one attached hydrogen (secondary N) is 1. The molecule has 2 N–H and O–H groups in total. The van der Waals surface area contributed by atoms with E-state index in [1.807, 2.05) is 32.1 Å². The average molecular weight is 233 g/mol. The number of benzene rings is 1. The molecule has 92 valence electrons. The van der Waals surface area contributed by atoms with Gasteiger partial charge in [-0.05, 0) is 37.5 Å². The molecule has 0 spiro atoms. The normalized spacial score (nSPS) is 11.3. The predicted molar refractivity (Wildman–Crippen MR) is 68.9 cm³/mol. The number of rotatable bonds is 5. The first-order valence-corrected chi connectivity index (χ1v) is 5.86. The molecule has 0 bridgehead atoms. The second-order valence-corrected chi connectivity index (χ2v) is 3.97. The number of phenolic OH excluding ortho intramolecular Hbond substituents is 1. The number of allylic oxidation sites excluding steroid dienone is 1. The molecule has 3 heteroatoms. The van der Waals surface area contributed by atoms with Crippen LogP contribution in [0.2, 0.25) is 0 Å². The topological polar surface area (TPSA) is 49.3 Å². The standard InChI is InChI=1S/C14H19NO2/c1-3-4-11(2)14(17)15-10-9-12-5-7-13(16)8-6-12/h4-8,16H,3,9-10H2,1-2H3,(H,15,17)/b11-4+. The lowest BCUT2D eigenvalue weighted by atomic mass is 10.1. The molecule has 1 aromatic carbocycles. The number of phenols is 1. The Morgan fingerprint density at radius 2 is 2.00 bits per heavy atom. The van der Waals surface area contributed by atoms with Crippen LogP contribution in [0.3, 0.4) is 0 Å². The summed E-state index contributed by atoms with van der Waals surface area (Å²) < 4.78 is 0. The van der Waals surface area contributed by atoms with Crippen LogP contribution in [0.25, 0.3) is 0 Å². The smallest absolute Gasteiger partial charge is 0.246 e. The molecule has 0 unspecified atom stereocenters. The number of carbonyl (C=O) groups is 1. The molecule has 0 saturated carbocycles. The highest BCUT2D eigenvalue weighted by atomic mass is 16.3. The third kappa shape index (κ3) is 4.72. The molecule has 3 nitrogen and oxygen atoms in total. The summed E-state index contributed by atoms with van der Waals surface area (Å²) in [6.45, 7) is 4.44. The molecule has 17 heavy (non-hydrogen) atoms. The first kappa shape index (κ1) is 13.3. The van der Waals surface area contributed by atoms with Gasteiger partial charge in [-0.2, -0.15) is 0 Å². The SMILES string of the molecule is CC/C=C(\C)C(=O)NCCc1ccc(O)cc1. The molecule has 0 fully saturated rings. The Labute approximate surface area is 102 Å².